The third-order valence-corrected chi connectivity index (χ3v) is 4.34. The standard InChI is InChI=1S/C14H28N6/c1-3-5-10-20-14(16-17-18-20)11-19(4-2)13-8-6-12(15)7-9-13/h12-13H,3-11,15H2,1-2H3. The molecule has 1 heterocycles. The van der Waals surface area contributed by atoms with E-state index in [2.05, 4.69) is 34.3 Å². The van der Waals surface area contributed by atoms with E-state index in [0.717, 1.165) is 51.1 Å². The minimum atomic E-state index is 0.403. The molecule has 6 heteroatoms. The van der Waals surface area contributed by atoms with Crippen LogP contribution in [-0.4, -0.2) is 43.7 Å². The lowest BCUT2D eigenvalue weighted by Crippen LogP contribution is -2.40. The van der Waals surface area contributed by atoms with E-state index < -0.39 is 0 Å². The van der Waals surface area contributed by atoms with Gasteiger partial charge in [-0.3, -0.25) is 4.90 Å². The summed E-state index contributed by atoms with van der Waals surface area (Å²) in [6.45, 7) is 7.22. The highest BCUT2D eigenvalue weighted by atomic mass is 15.5. The van der Waals surface area contributed by atoms with Gasteiger partial charge < -0.3 is 5.73 Å². The van der Waals surface area contributed by atoms with Crippen LogP contribution in [0.15, 0.2) is 0 Å². The molecule has 0 aromatic carbocycles. The van der Waals surface area contributed by atoms with Gasteiger partial charge in [0.15, 0.2) is 5.82 Å². The molecule has 0 radical (unpaired) electrons. The molecule has 0 spiro atoms. The molecule has 1 aromatic rings. The molecule has 0 aliphatic heterocycles. The fraction of sp³-hybridized carbons (Fsp3) is 0.929. The molecule has 0 bridgehead atoms. The SMILES string of the molecule is CCCCn1nnnc1CN(CC)C1CCC(N)CC1. The molecule has 0 atom stereocenters. The topological polar surface area (TPSA) is 72.9 Å². The maximum Gasteiger partial charge on any atom is 0.165 e. The first kappa shape index (κ1) is 15.4. The fourth-order valence-corrected chi connectivity index (χ4v) is 2.97. The van der Waals surface area contributed by atoms with Crippen molar-refractivity contribution in [2.24, 2.45) is 5.73 Å². The van der Waals surface area contributed by atoms with Crippen LogP contribution in [0.4, 0.5) is 0 Å². The Morgan fingerprint density at radius 3 is 2.65 bits per heavy atom. The van der Waals surface area contributed by atoms with Gasteiger partial charge in [-0.05, 0) is 49.1 Å². The summed E-state index contributed by atoms with van der Waals surface area (Å²) in [5.41, 5.74) is 6.00. The highest BCUT2D eigenvalue weighted by Crippen LogP contribution is 2.23. The number of unbranched alkanes of at least 4 members (excludes halogenated alkanes) is 1. The molecule has 0 unspecified atom stereocenters. The smallest absolute Gasteiger partial charge is 0.165 e. The van der Waals surface area contributed by atoms with Gasteiger partial charge in [-0.15, -0.1) is 5.10 Å². The summed E-state index contributed by atoms with van der Waals surface area (Å²) in [6.07, 6.45) is 6.97. The second-order valence-corrected chi connectivity index (χ2v) is 5.80. The van der Waals surface area contributed by atoms with E-state index in [0.29, 0.717) is 12.1 Å². The average molecular weight is 280 g/mol. The van der Waals surface area contributed by atoms with E-state index in [1.54, 1.807) is 0 Å². The van der Waals surface area contributed by atoms with Gasteiger partial charge in [0.05, 0.1) is 6.54 Å². The summed E-state index contributed by atoms with van der Waals surface area (Å²) < 4.78 is 1.96. The molecule has 0 saturated heterocycles. The third kappa shape index (κ3) is 3.99. The maximum atomic E-state index is 6.00. The number of nitrogens with zero attached hydrogens (tertiary/aromatic N) is 5. The molecule has 1 aromatic heterocycles. The molecule has 6 nitrogen and oxygen atoms in total. The van der Waals surface area contributed by atoms with Crippen LogP contribution in [0.1, 0.15) is 58.2 Å². The van der Waals surface area contributed by atoms with Gasteiger partial charge in [0.25, 0.3) is 0 Å². The van der Waals surface area contributed by atoms with Crippen molar-refractivity contribution in [3.8, 4) is 0 Å². The fourth-order valence-electron chi connectivity index (χ4n) is 2.97. The van der Waals surface area contributed by atoms with Crippen LogP contribution in [0, 0.1) is 0 Å². The number of rotatable bonds is 7. The number of aryl methyl sites for hydroxylation is 1. The number of tetrazole rings is 1. The molecule has 1 aliphatic rings. The first-order valence-electron chi connectivity index (χ1n) is 7.99. The quantitative estimate of drug-likeness (QED) is 0.820. The van der Waals surface area contributed by atoms with Crippen LogP contribution in [0.2, 0.25) is 0 Å². The molecule has 20 heavy (non-hydrogen) atoms. The zero-order valence-corrected chi connectivity index (χ0v) is 12.8. The second-order valence-electron chi connectivity index (χ2n) is 5.80. The average Bonchev–Trinajstić information content (AvgIpc) is 2.91. The summed E-state index contributed by atoms with van der Waals surface area (Å²) in [6, 6.07) is 1.04. The number of nitrogens with two attached hydrogens (primary N) is 1. The van der Waals surface area contributed by atoms with Crippen molar-refractivity contribution in [1.29, 1.82) is 0 Å². The summed E-state index contributed by atoms with van der Waals surface area (Å²) in [5, 5.41) is 12.1. The molecule has 2 rings (SSSR count). The van der Waals surface area contributed by atoms with Gasteiger partial charge in [0.2, 0.25) is 0 Å². The van der Waals surface area contributed by atoms with Gasteiger partial charge in [-0.1, -0.05) is 20.3 Å². The first-order valence-corrected chi connectivity index (χ1v) is 7.99. The summed E-state index contributed by atoms with van der Waals surface area (Å²) in [5.74, 6) is 0.996. The lowest BCUT2D eigenvalue weighted by Gasteiger charge is -2.35. The van der Waals surface area contributed by atoms with Gasteiger partial charge in [0, 0.05) is 18.6 Å². The Kier molecular flexibility index (Phi) is 5.91. The van der Waals surface area contributed by atoms with Crippen LogP contribution in [-0.2, 0) is 13.1 Å². The minimum absolute atomic E-state index is 0.403. The molecule has 0 amide bonds. The van der Waals surface area contributed by atoms with E-state index in [9.17, 15) is 0 Å². The van der Waals surface area contributed by atoms with Crippen molar-refractivity contribution < 1.29 is 0 Å². The van der Waals surface area contributed by atoms with E-state index in [4.69, 9.17) is 5.73 Å². The van der Waals surface area contributed by atoms with E-state index in [1.807, 2.05) is 4.68 Å². The molecule has 1 aliphatic carbocycles. The third-order valence-electron chi connectivity index (χ3n) is 4.34. The normalized spacial score (nSPS) is 23.4. The predicted molar refractivity (Wildman–Crippen MR) is 79.0 cm³/mol. The van der Waals surface area contributed by atoms with Crippen LogP contribution in [0.5, 0.6) is 0 Å². The molecule has 2 N–H and O–H groups in total. The van der Waals surface area contributed by atoms with E-state index in [-0.39, 0.29) is 0 Å². The van der Waals surface area contributed by atoms with Crippen LogP contribution < -0.4 is 5.73 Å². The Morgan fingerprint density at radius 2 is 2.00 bits per heavy atom. The van der Waals surface area contributed by atoms with Crippen LogP contribution in [0.25, 0.3) is 0 Å². The Balaban J connectivity index is 1.94. The number of aromatic nitrogens is 4. The Morgan fingerprint density at radius 1 is 1.25 bits per heavy atom. The Bertz CT molecular complexity index is 383. The molecular formula is C14H28N6. The maximum absolute atomic E-state index is 6.00. The summed E-state index contributed by atoms with van der Waals surface area (Å²) >= 11 is 0. The zero-order valence-electron chi connectivity index (χ0n) is 12.8. The van der Waals surface area contributed by atoms with Crippen molar-refractivity contribution in [3.05, 3.63) is 5.82 Å². The Hall–Kier alpha value is -1.01. The van der Waals surface area contributed by atoms with Gasteiger partial charge in [0.1, 0.15) is 0 Å². The van der Waals surface area contributed by atoms with E-state index in [1.165, 1.54) is 12.8 Å². The number of hydrogen-bond acceptors (Lipinski definition) is 5. The minimum Gasteiger partial charge on any atom is -0.328 e. The van der Waals surface area contributed by atoms with Crippen molar-refractivity contribution in [2.45, 2.75) is 77.5 Å². The molecule has 1 fully saturated rings. The highest BCUT2D eigenvalue weighted by Gasteiger charge is 2.24. The van der Waals surface area contributed by atoms with Crippen LogP contribution in [0.3, 0.4) is 0 Å². The van der Waals surface area contributed by atoms with Gasteiger partial charge in [-0.2, -0.15) is 0 Å². The molecular weight excluding hydrogens is 252 g/mol. The molecule has 114 valence electrons. The van der Waals surface area contributed by atoms with Gasteiger partial charge in [-0.25, -0.2) is 4.68 Å². The van der Waals surface area contributed by atoms with Crippen molar-refractivity contribution >= 4 is 0 Å². The zero-order chi connectivity index (χ0) is 14.4. The summed E-state index contributed by atoms with van der Waals surface area (Å²) in [7, 11) is 0. The van der Waals surface area contributed by atoms with Crippen molar-refractivity contribution in [1.82, 2.24) is 25.1 Å². The van der Waals surface area contributed by atoms with Crippen LogP contribution >= 0.6 is 0 Å². The number of hydrogen-bond donors (Lipinski definition) is 1. The highest BCUT2D eigenvalue weighted by molar-refractivity contribution is 4.86. The lowest BCUT2D eigenvalue weighted by molar-refractivity contribution is 0.143. The van der Waals surface area contributed by atoms with Crippen molar-refractivity contribution in [3.63, 3.8) is 0 Å². The first-order chi connectivity index (χ1) is 9.74. The van der Waals surface area contributed by atoms with Crippen molar-refractivity contribution in [2.75, 3.05) is 6.54 Å². The Labute approximate surface area is 121 Å². The second kappa shape index (κ2) is 7.69. The largest absolute Gasteiger partial charge is 0.328 e. The lowest BCUT2D eigenvalue weighted by atomic mass is 9.91. The molecule has 1 saturated carbocycles. The monoisotopic (exact) mass is 280 g/mol. The van der Waals surface area contributed by atoms with Gasteiger partial charge >= 0.3 is 0 Å². The predicted octanol–water partition coefficient (Wildman–Crippen LogP) is 1.56. The summed E-state index contributed by atoms with van der Waals surface area (Å²) in [4.78, 5) is 2.50. The van der Waals surface area contributed by atoms with E-state index >= 15 is 0 Å².